The van der Waals surface area contributed by atoms with Crippen molar-refractivity contribution in [1.82, 2.24) is 9.80 Å². The Bertz CT molecular complexity index is 318. The second kappa shape index (κ2) is 7.29. The molecule has 1 heterocycles. The van der Waals surface area contributed by atoms with Crippen LogP contribution in [0, 0.1) is 0 Å². The van der Waals surface area contributed by atoms with Crippen LogP contribution >= 0.6 is 0 Å². The molecule has 1 fully saturated rings. The Morgan fingerprint density at radius 2 is 2.06 bits per heavy atom. The summed E-state index contributed by atoms with van der Waals surface area (Å²) >= 11 is -2.29. The highest BCUT2D eigenvalue weighted by Crippen LogP contribution is 2.10. The summed E-state index contributed by atoms with van der Waals surface area (Å²) in [7, 11) is 0. The van der Waals surface area contributed by atoms with E-state index in [1.165, 1.54) is 9.80 Å². The van der Waals surface area contributed by atoms with Crippen molar-refractivity contribution < 1.29 is 27.8 Å². The van der Waals surface area contributed by atoms with Gasteiger partial charge < -0.3 is 18.9 Å². The zero-order valence-electron chi connectivity index (χ0n) is 9.98. The van der Waals surface area contributed by atoms with Crippen LogP contribution in [0.15, 0.2) is 0 Å². The number of rotatable bonds is 5. The highest BCUT2D eigenvalue weighted by molar-refractivity contribution is 7.79. The Morgan fingerprint density at radius 3 is 2.50 bits per heavy atom. The maximum Gasteiger partial charge on any atom is 0.409 e. The lowest BCUT2D eigenvalue weighted by atomic mass is 10.3. The lowest BCUT2D eigenvalue weighted by molar-refractivity contribution is -0.137. The third kappa shape index (κ3) is 3.93. The number of amides is 1. The minimum atomic E-state index is -2.29. The molecular weight excluding hydrogens is 264 g/mol. The van der Waals surface area contributed by atoms with Gasteiger partial charge >= 0.3 is 6.09 Å². The number of hydrogen-bond donors (Lipinski definition) is 1. The van der Waals surface area contributed by atoms with Crippen molar-refractivity contribution in [2.24, 2.45) is 0 Å². The summed E-state index contributed by atoms with van der Waals surface area (Å²) in [5.74, 6) is 0. The van der Waals surface area contributed by atoms with Crippen molar-refractivity contribution in [3.05, 3.63) is 0 Å². The topological polar surface area (TPSA) is 96.4 Å². The summed E-state index contributed by atoms with van der Waals surface area (Å²) in [4.78, 5) is 24.7. The fourth-order valence-electron chi connectivity index (χ4n) is 1.64. The molecule has 1 saturated heterocycles. The summed E-state index contributed by atoms with van der Waals surface area (Å²) in [6.07, 6.45) is -0.407. The minimum absolute atomic E-state index is 0.135. The van der Waals surface area contributed by atoms with E-state index < -0.39 is 22.7 Å². The van der Waals surface area contributed by atoms with E-state index in [0.717, 1.165) is 0 Å². The molecule has 104 valence electrons. The number of ether oxygens (including phenoxy) is 2. The van der Waals surface area contributed by atoms with Gasteiger partial charge in [0.05, 0.1) is 6.61 Å². The minimum Gasteiger partial charge on any atom is -0.450 e. The van der Waals surface area contributed by atoms with Crippen molar-refractivity contribution >= 4 is 23.6 Å². The van der Waals surface area contributed by atoms with E-state index in [9.17, 15) is 13.8 Å². The molecule has 8 nitrogen and oxygen atoms in total. The van der Waals surface area contributed by atoms with E-state index in [4.69, 9.17) is 9.29 Å². The first-order valence-electron chi connectivity index (χ1n) is 5.44. The molecule has 0 aromatic heterocycles. The molecular formula is C9H16N2O6S. The zero-order valence-corrected chi connectivity index (χ0v) is 10.8. The monoisotopic (exact) mass is 280 g/mol. The van der Waals surface area contributed by atoms with Gasteiger partial charge in [-0.25, -0.2) is 9.00 Å². The van der Waals surface area contributed by atoms with Crippen LogP contribution in [0.2, 0.25) is 0 Å². The van der Waals surface area contributed by atoms with Crippen LogP contribution in [0.25, 0.3) is 0 Å². The van der Waals surface area contributed by atoms with Crippen molar-refractivity contribution in [3.63, 3.8) is 0 Å². The predicted octanol–water partition coefficient (Wildman–Crippen LogP) is -0.561. The first-order chi connectivity index (χ1) is 8.60. The fraction of sp³-hybridized carbons (Fsp3) is 0.778. The third-order valence-corrected chi connectivity index (χ3v) is 3.24. The Hall–Kier alpha value is -1.19. The quantitative estimate of drug-likeness (QED) is 0.532. The molecule has 0 aliphatic carbocycles. The Kier molecular flexibility index (Phi) is 6.02. The Morgan fingerprint density at radius 1 is 1.44 bits per heavy atom. The van der Waals surface area contributed by atoms with Crippen LogP contribution < -0.4 is 0 Å². The number of piperazine rings is 1. The first-order valence-corrected chi connectivity index (χ1v) is 6.61. The summed E-state index contributed by atoms with van der Waals surface area (Å²) in [5, 5.41) is 0. The average molecular weight is 280 g/mol. The van der Waals surface area contributed by atoms with Crippen molar-refractivity contribution in [2.45, 2.75) is 12.5 Å². The standard InChI is InChI=1S/C9H16N2O6S/c1-2-16-8(13)10-3-5-11(6-4-10)9(17-7-12)18(14)15/h7,9H,2-6H2,1H3,(H,14,15)/t9-/m1/s1. The lowest BCUT2D eigenvalue weighted by Crippen LogP contribution is -2.53. The normalized spacial score (nSPS) is 20.0. The molecule has 1 aliphatic rings. The van der Waals surface area contributed by atoms with Gasteiger partial charge in [-0.3, -0.25) is 9.69 Å². The van der Waals surface area contributed by atoms with Gasteiger partial charge in [0, 0.05) is 26.2 Å². The first kappa shape index (κ1) is 14.9. The molecule has 9 heteroatoms. The van der Waals surface area contributed by atoms with E-state index in [0.29, 0.717) is 32.8 Å². The molecule has 1 N–H and O–H groups in total. The summed E-state index contributed by atoms with van der Waals surface area (Å²) in [6.45, 7) is 3.54. The van der Waals surface area contributed by atoms with Crippen molar-refractivity contribution in [2.75, 3.05) is 32.8 Å². The number of nitrogens with zero attached hydrogens (tertiary/aromatic N) is 2. The van der Waals surface area contributed by atoms with Crippen LogP contribution in [0.1, 0.15) is 6.92 Å². The molecule has 2 atom stereocenters. The molecule has 0 radical (unpaired) electrons. The smallest absolute Gasteiger partial charge is 0.409 e. The van der Waals surface area contributed by atoms with E-state index in [2.05, 4.69) is 4.74 Å². The Balaban J connectivity index is 2.49. The molecule has 0 aromatic carbocycles. The summed E-state index contributed by atoms with van der Waals surface area (Å²) in [5.41, 5.74) is -1.19. The van der Waals surface area contributed by atoms with E-state index in [1.807, 2.05) is 0 Å². The molecule has 0 spiro atoms. The lowest BCUT2D eigenvalue weighted by Gasteiger charge is -2.35. The van der Waals surface area contributed by atoms with Gasteiger partial charge in [-0.1, -0.05) is 0 Å². The number of carbonyl (C=O) groups excluding carboxylic acids is 2. The zero-order chi connectivity index (χ0) is 13.5. The second-order valence-electron chi connectivity index (χ2n) is 3.54. The van der Waals surface area contributed by atoms with Gasteiger partial charge in [-0.15, -0.1) is 0 Å². The SMILES string of the molecule is CCOC(=O)N1CCN([C@H](OC=O)S(=O)O)CC1. The van der Waals surface area contributed by atoms with Crippen LogP contribution in [-0.4, -0.2) is 69.5 Å². The Labute approximate surface area is 107 Å². The molecule has 18 heavy (non-hydrogen) atoms. The van der Waals surface area contributed by atoms with Gasteiger partial charge in [0.25, 0.3) is 12.0 Å². The second-order valence-corrected chi connectivity index (χ2v) is 4.49. The molecule has 1 amide bonds. The van der Waals surface area contributed by atoms with Gasteiger partial charge in [0.1, 0.15) is 0 Å². The average Bonchev–Trinajstić information content (AvgIpc) is 2.36. The summed E-state index contributed by atoms with van der Waals surface area (Å²) < 4.78 is 29.4. The van der Waals surface area contributed by atoms with Gasteiger partial charge in [0.15, 0.2) is 0 Å². The van der Waals surface area contributed by atoms with Crippen LogP contribution in [0.5, 0.6) is 0 Å². The number of carbonyl (C=O) groups is 2. The predicted molar refractivity (Wildman–Crippen MR) is 61.9 cm³/mol. The van der Waals surface area contributed by atoms with E-state index in [-0.39, 0.29) is 6.47 Å². The molecule has 0 aromatic rings. The fourth-order valence-corrected chi connectivity index (χ4v) is 2.24. The molecule has 1 aliphatic heterocycles. The summed E-state index contributed by atoms with van der Waals surface area (Å²) in [6, 6.07) is 0. The molecule has 0 saturated carbocycles. The van der Waals surface area contributed by atoms with Gasteiger partial charge in [-0.2, -0.15) is 0 Å². The molecule has 1 unspecified atom stereocenters. The molecule has 0 bridgehead atoms. The largest absolute Gasteiger partial charge is 0.450 e. The van der Waals surface area contributed by atoms with Crippen LogP contribution in [0.3, 0.4) is 0 Å². The maximum atomic E-state index is 11.4. The third-order valence-electron chi connectivity index (χ3n) is 2.48. The van der Waals surface area contributed by atoms with Crippen LogP contribution in [-0.2, 0) is 25.3 Å². The van der Waals surface area contributed by atoms with E-state index >= 15 is 0 Å². The van der Waals surface area contributed by atoms with Crippen LogP contribution in [0.4, 0.5) is 4.79 Å². The van der Waals surface area contributed by atoms with E-state index in [1.54, 1.807) is 6.92 Å². The number of hydrogen-bond acceptors (Lipinski definition) is 6. The van der Waals surface area contributed by atoms with Gasteiger partial charge in [0.2, 0.25) is 11.1 Å². The maximum absolute atomic E-state index is 11.4. The van der Waals surface area contributed by atoms with Crippen molar-refractivity contribution in [1.29, 1.82) is 0 Å². The van der Waals surface area contributed by atoms with Crippen molar-refractivity contribution in [3.8, 4) is 0 Å². The molecule has 1 rings (SSSR count). The van der Waals surface area contributed by atoms with Gasteiger partial charge in [-0.05, 0) is 6.92 Å². The highest BCUT2D eigenvalue weighted by atomic mass is 32.2. The highest BCUT2D eigenvalue weighted by Gasteiger charge is 2.30.